The molecular formula is C49H33NS. The van der Waals surface area contributed by atoms with Gasteiger partial charge in [0.15, 0.2) is 0 Å². The van der Waals surface area contributed by atoms with Gasteiger partial charge in [-0.05, 0) is 80.9 Å². The summed E-state index contributed by atoms with van der Waals surface area (Å²) in [7, 11) is 0. The van der Waals surface area contributed by atoms with Crippen LogP contribution in [0, 0.1) is 0 Å². The third-order valence-corrected chi connectivity index (χ3v) is 11.4. The van der Waals surface area contributed by atoms with Crippen LogP contribution in [0.25, 0.3) is 64.7 Å². The van der Waals surface area contributed by atoms with E-state index < -0.39 is 0 Å². The van der Waals surface area contributed by atoms with E-state index in [4.69, 9.17) is 0 Å². The van der Waals surface area contributed by atoms with Crippen molar-refractivity contribution in [2.24, 2.45) is 0 Å². The van der Waals surface area contributed by atoms with E-state index in [0.29, 0.717) is 0 Å². The molecule has 10 rings (SSSR count). The summed E-state index contributed by atoms with van der Waals surface area (Å²) in [4.78, 5) is 2.56. The van der Waals surface area contributed by atoms with Crippen molar-refractivity contribution in [2.75, 3.05) is 4.90 Å². The molecule has 9 aromatic rings. The smallest absolute Gasteiger partial charge is 0.0588 e. The molecule has 0 saturated heterocycles. The molecule has 2 heteroatoms. The predicted molar refractivity (Wildman–Crippen MR) is 219 cm³/mol. The number of hydrogen-bond acceptors (Lipinski definition) is 2. The first-order valence-electron chi connectivity index (χ1n) is 17.6. The molecule has 8 aromatic carbocycles. The largest absolute Gasteiger partial charge is 0.309 e. The highest BCUT2D eigenvalue weighted by atomic mass is 32.1. The van der Waals surface area contributed by atoms with Crippen molar-refractivity contribution in [3.8, 4) is 44.5 Å². The van der Waals surface area contributed by atoms with Crippen LogP contribution in [0.2, 0.25) is 0 Å². The SMILES string of the molecule is c1ccc(-c2cc3c(c(N(c4ccccc4)c4ccccc4-c4cccc5sc6ccccc6c45)c2-c2ccccc2)Cc2ccccc2-3)cc1. The maximum Gasteiger partial charge on any atom is 0.0588 e. The van der Waals surface area contributed by atoms with Crippen molar-refractivity contribution < 1.29 is 0 Å². The number of para-hydroxylation sites is 2. The molecule has 1 nitrogen and oxygen atoms in total. The molecule has 0 aliphatic heterocycles. The molecule has 0 unspecified atom stereocenters. The van der Waals surface area contributed by atoms with Gasteiger partial charge in [-0.15, -0.1) is 11.3 Å². The third-order valence-electron chi connectivity index (χ3n) is 10.3. The van der Waals surface area contributed by atoms with Crippen LogP contribution in [-0.4, -0.2) is 0 Å². The summed E-state index contributed by atoms with van der Waals surface area (Å²) < 4.78 is 2.62. The van der Waals surface area contributed by atoms with Gasteiger partial charge in [-0.1, -0.05) is 152 Å². The molecule has 0 bridgehead atoms. The number of benzene rings is 8. The predicted octanol–water partition coefficient (Wildman–Crippen LogP) is 14.1. The molecule has 1 heterocycles. The Morgan fingerprint density at radius 2 is 1.04 bits per heavy atom. The number of nitrogens with zero attached hydrogens (tertiary/aromatic N) is 1. The van der Waals surface area contributed by atoms with E-state index in [-0.39, 0.29) is 0 Å². The van der Waals surface area contributed by atoms with Gasteiger partial charge in [-0.2, -0.15) is 0 Å². The van der Waals surface area contributed by atoms with Crippen LogP contribution in [0.3, 0.4) is 0 Å². The molecule has 240 valence electrons. The Kier molecular flexibility index (Phi) is 7.14. The fraction of sp³-hybridized carbons (Fsp3) is 0.0204. The van der Waals surface area contributed by atoms with Gasteiger partial charge < -0.3 is 4.90 Å². The van der Waals surface area contributed by atoms with Crippen LogP contribution in [0.15, 0.2) is 188 Å². The maximum absolute atomic E-state index is 2.56. The lowest BCUT2D eigenvalue weighted by atomic mass is 9.86. The average molecular weight is 668 g/mol. The van der Waals surface area contributed by atoms with Crippen LogP contribution in [0.1, 0.15) is 11.1 Å². The van der Waals surface area contributed by atoms with Crippen LogP contribution >= 0.6 is 11.3 Å². The highest BCUT2D eigenvalue weighted by Gasteiger charge is 2.32. The summed E-state index contributed by atoms with van der Waals surface area (Å²) in [6, 6.07) is 68.9. The lowest BCUT2D eigenvalue weighted by Gasteiger charge is -2.33. The lowest BCUT2D eigenvalue weighted by Crippen LogP contribution is -2.15. The normalized spacial score (nSPS) is 11.8. The molecule has 51 heavy (non-hydrogen) atoms. The number of fused-ring (bicyclic) bond motifs is 6. The van der Waals surface area contributed by atoms with Crippen molar-refractivity contribution in [3.63, 3.8) is 0 Å². The van der Waals surface area contributed by atoms with Crippen LogP contribution in [0.4, 0.5) is 17.1 Å². The van der Waals surface area contributed by atoms with Gasteiger partial charge >= 0.3 is 0 Å². The minimum absolute atomic E-state index is 0.867. The van der Waals surface area contributed by atoms with E-state index in [1.165, 1.54) is 81.5 Å². The molecule has 1 aliphatic carbocycles. The van der Waals surface area contributed by atoms with E-state index in [0.717, 1.165) is 17.8 Å². The molecule has 0 amide bonds. The number of anilines is 3. The minimum Gasteiger partial charge on any atom is -0.309 e. The van der Waals surface area contributed by atoms with E-state index in [1.54, 1.807) is 0 Å². The minimum atomic E-state index is 0.867. The Hall–Kier alpha value is -6.22. The number of rotatable bonds is 6. The Morgan fingerprint density at radius 3 is 1.84 bits per heavy atom. The van der Waals surface area contributed by atoms with E-state index in [1.807, 2.05) is 11.3 Å². The van der Waals surface area contributed by atoms with Crippen molar-refractivity contribution >= 4 is 48.6 Å². The zero-order valence-corrected chi connectivity index (χ0v) is 28.8. The topological polar surface area (TPSA) is 3.24 Å². The van der Waals surface area contributed by atoms with Gasteiger partial charge in [0.2, 0.25) is 0 Å². The maximum atomic E-state index is 2.56. The fourth-order valence-corrected chi connectivity index (χ4v) is 9.24. The van der Waals surface area contributed by atoms with Gasteiger partial charge in [0.05, 0.1) is 11.4 Å². The first kappa shape index (κ1) is 29.7. The summed E-state index contributed by atoms with van der Waals surface area (Å²) >= 11 is 1.87. The number of hydrogen-bond donors (Lipinski definition) is 0. The Morgan fingerprint density at radius 1 is 0.431 bits per heavy atom. The molecule has 1 aromatic heterocycles. The van der Waals surface area contributed by atoms with Gasteiger partial charge in [-0.25, -0.2) is 0 Å². The first-order chi connectivity index (χ1) is 25.3. The van der Waals surface area contributed by atoms with Gasteiger partial charge in [0.1, 0.15) is 0 Å². The zero-order chi connectivity index (χ0) is 33.7. The molecule has 0 saturated carbocycles. The third kappa shape index (κ3) is 4.91. The first-order valence-corrected chi connectivity index (χ1v) is 18.4. The Balaban J connectivity index is 1.35. The fourth-order valence-electron chi connectivity index (χ4n) is 8.11. The average Bonchev–Trinajstić information content (AvgIpc) is 3.78. The quantitative estimate of drug-likeness (QED) is 0.171. The standard InChI is InChI=1S/C49H33NS/c1-4-17-33(18-5-1)41-32-42-37-24-11-10-21-35(37)31-43(42)49(47(41)34-19-6-2-7-20-34)50(36-22-8-3-9-23-36)44-28-14-12-25-38(44)39-27-16-30-46-48(39)40-26-13-15-29-45(40)51-46/h1-30,32H,31H2. The van der Waals surface area contributed by atoms with Gasteiger partial charge in [-0.3, -0.25) is 0 Å². The zero-order valence-electron chi connectivity index (χ0n) is 28.0. The second-order valence-corrected chi connectivity index (χ2v) is 14.3. The van der Waals surface area contributed by atoms with Crippen molar-refractivity contribution in [1.82, 2.24) is 0 Å². The van der Waals surface area contributed by atoms with Crippen LogP contribution in [0.5, 0.6) is 0 Å². The molecule has 0 atom stereocenters. The lowest BCUT2D eigenvalue weighted by molar-refractivity contribution is 1.20. The molecule has 1 aliphatic rings. The summed E-state index contributed by atoms with van der Waals surface area (Å²) in [6.45, 7) is 0. The number of thiophene rings is 1. The summed E-state index contributed by atoms with van der Waals surface area (Å²) in [5.41, 5.74) is 16.2. The second-order valence-electron chi connectivity index (χ2n) is 13.2. The summed E-state index contributed by atoms with van der Waals surface area (Å²) in [5.74, 6) is 0. The monoisotopic (exact) mass is 667 g/mol. The van der Waals surface area contributed by atoms with Crippen LogP contribution < -0.4 is 4.90 Å². The Bertz CT molecular complexity index is 2710. The molecule has 0 radical (unpaired) electrons. The van der Waals surface area contributed by atoms with Crippen LogP contribution in [-0.2, 0) is 6.42 Å². The van der Waals surface area contributed by atoms with Crippen molar-refractivity contribution in [3.05, 3.63) is 199 Å². The molecular weight excluding hydrogens is 635 g/mol. The summed E-state index contributed by atoms with van der Waals surface area (Å²) in [5, 5.41) is 2.62. The highest BCUT2D eigenvalue weighted by molar-refractivity contribution is 7.25. The highest BCUT2D eigenvalue weighted by Crippen LogP contribution is 2.55. The summed E-state index contributed by atoms with van der Waals surface area (Å²) in [6.07, 6.45) is 0.867. The molecule has 0 spiro atoms. The van der Waals surface area contributed by atoms with Crippen molar-refractivity contribution in [2.45, 2.75) is 6.42 Å². The molecule has 0 N–H and O–H groups in total. The van der Waals surface area contributed by atoms with E-state index in [9.17, 15) is 0 Å². The van der Waals surface area contributed by atoms with E-state index in [2.05, 4.69) is 193 Å². The Labute approximate surface area is 302 Å². The van der Waals surface area contributed by atoms with Gasteiger partial charge in [0.25, 0.3) is 0 Å². The second kappa shape index (κ2) is 12.3. The van der Waals surface area contributed by atoms with Gasteiger partial charge in [0, 0.05) is 43.4 Å². The van der Waals surface area contributed by atoms with E-state index >= 15 is 0 Å². The molecule has 0 fully saturated rings. The van der Waals surface area contributed by atoms with Crippen molar-refractivity contribution in [1.29, 1.82) is 0 Å².